The first-order valence-corrected chi connectivity index (χ1v) is 6.34. The summed E-state index contributed by atoms with van der Waals surface area (Å²) in [4.78, 5) is 6.33. The van der Waals surface area contributed by atoms with E-state index in [4.69, 9.17) is 0 Å². The highest BCUT2D eigenvalue weighted by atomic mass is 15.1. The summed E-state index contributed by atoms with van der Waals surface area (Å²) in [6.45, 7) is 6.51. The summed E-state index contributed by atoms with van der Waals surface area (Å²) >= 11 is 0. The van der Waals surface area contributed by atoms with Crippen LogP contribution in [0.3, 0.4) is 0 Å². The van der Waals surface area contributed by atoms with Crippen molar-refractivity contribution in [2.24, 2.45) is 0 Å². The predicted octanol–water partition coefficient (Wildman–Crippen LogP) is 4.28. The molecule has 0 aliphatic heterocycles. The molecule has 2 aromatic rings. The van der Waals surface area contributed by atoms with Gasteiger partial charge in [-0.25, -0.2) is 0 Å². The Hall–Kier alpha value is -1.83. The van der Waals surface area contributed by atoms with E-state index in [1.807, 2.05) is 18.5 Å². The summed E-state index contributed by atoms with van der Waals surface area (Å²) in [7, 11) is 2.09. The van der Waals surface area contributed by atoms with Crippen LogP contribution >= 0.6 is 0 Å². The minimum Gasteiger partial charge on any atom is -0.344 e. The van der Waals surface area contributed by atoms with E-state index in [-0.39, 0.29) is 0 Å². The van der Waals surface area contributed by atoms with E-state index in [2.05, 4.69) is 62.0 Å². The van der Waals surface area contributed by atoms with Crippen LogP contribution in [0.4, 0.5) is 11.4 Å². The van der Waals surface area contributed by atoms with Crippen molar-refractivity contribution >= 4 is 11.4 Å². The van der Waals surface area contributed by atoms with Crippen LogP contribution in [0.25, 0.3) is 0 Å². The number of aromatic nitrogens is 1. The fourth-order valence-electron chi connectivity index (χ4n) is 2.06. The van der Waals surface area contributed by atoms with Gasteiger partial charge in [-0.15, -0.1) is 0 Å². The Labute approximate surface area is 109 Å². The van der Waals surface area contributed by atoms with E-state index in [1.54, 1.807) is 0 Å². The van der Waals surface area contributed by atoms with Crippen LogP contribution < -0.4 is 4.90 Å². The highest BCUT2D eigenvalue weighted by Crippen LogP contribution is 2.27. The van der Waals surface area contributed by atoms with Crippen LogP contribution in [-0.2, 0) is 0 Å². The lowest BCUT2D eigenvalue weighted by Gasteiger charge is -2.21. The van der Waals surface area contributed by atoms with E-state index in [9.17, 15) is 0 Å². The van der Waals surface area contributed by atoms with Gasteiger partial charge in [0.15, 0.2) is 0 Å². The van der Waals surface area contributed by atoms with E-state index >= 15 is 0 Å². The summed E-state index contributed by atoms with van der Waals surface area (Å²) in [5.41, 5.74) is 4.96. The SMILES string of the molecule is Cc1cnccc1N(C)c1ccc(C(C)C)cc1. The molecule has 0 N–H and O–H groups in total. The van der Waals surface area contributed by atoms with Gasteiger partial charge >= 0.3 is 0 Å². The summed E-state index contributed by atoms with van der Waals surface area (Å²) < 4.78 is 0. The van der Waals surface area contributed by atoms with Gasteiger partial charge in [0.1, 0.15) is 0 Å². The molecule has 0 unspecified atom stereocenters. The molecule has 2 nitrogen and oxygen atoms in total. The molecular formula is C16H20N2. The maximum absolute atomic E-state index is 4.13. The van der Waals surface area contributed by atoms with Gasteiger partial charge < -0.3 is 4.90 Å². The molecule has 1 aromatic carbocycles. The van der Waals surface area contributed by atoms with Crippen LogP contribution in [0.1, 0.15) is 30.9 Å². The van der Waals surface area contributed by atoms with E-state index < -0.39 is 0 Å². The Bertz CT molecular complexity index is 515. The van der Waals surface area contributed by atoms with Crippen LogP contribution in [0.5, 0.6) is 0 Å². The molecule has 2 rings (SSSR count). The molecule has 0 saturated heterocycles. The summed E-state index contributed by atoms with van der Waals surface area (Å²) in [6, 6.07) is 10.8. The lowest BCUT2D eigenvalue weighted by molar-refractivity contribution is 0.866. The standard InChI is InChI=1S/C16H20N2/c1-12(2)14-5-7-15(8-6-14)18(4)16-9-10-17-11-13(16)3/h5-12H,1-4H3. The van der Waals surface area contributed by atoms with E-state index in [1.165, 1.54) is 22.5 Å². The van der Waals surface area contributed by atoms with Crippen molar-refractivity contribution in [1.82, 2.24) is 4.98 Å². The van der Waals surface area contributed by atoms with Crippen molar-refractivity contribution < 1.29 is 0 Å². The second kappa shape index (κ2) is 5.21. The zero-order valence-corrected chi connectivity index (χ0v) is 11.5. The number of pyridine rings is 1. The predicted molar refractivity (Wildman–Crippen MR) is 77.6 cm³/mol. The molecule has 0 amide bonds. The van der Waals surface area contributed by atoms with Crippen LogP contribution in [0.2, 0.25) is 0 Å². The summed E-state index contributed by atoms with van der Waals surface area (Å²) in [5, 5.41) is 0. The second-order valence-electron chi connectivity index (χ2n) is 4.97. The number of hydrogen-bond acceptors (Lipinski definition) is 2. The molecule has 94 valence electrons. The first-order valence-electron chi connectivity index (χ1n) is 6.34. The summed E-state index contributed by atoms with van der Waals surface area (Å²) in [6.07, 6.45) is 3.73. The smallest absolute Gasteiger partial charge is 0.0468 e. The maximum Gasteiger partial charge on any atom is 0.0468 e. The first-order chi connectivity index (χ1) is 8.59. The molecule has 1 heterocycles. The average Bonchev–Trinajstić information content (AvgIpc) is 2.38. The second-order valence-corrected chi connectivity index (χ2v) is 4.97. The van der Waals surface area contributed by atoms with Crippen molar-refractivity contribution in [2.75, 3.05) is 11.9 Å². The first kappa shape index (κ1) is 12.6. The van der Waals surface area contributed by atoms with Crippen molar-refractivity contribution in [3.8, 4) is 0 Å². The van der Waals surface area contributed by atoms with Gasteiger partial charge in [-0.1, -0.05) is 26.0 Å². The Kier molecular flexibility index (Phi) is 3.66. The van der Waals surface area contributed by atoms with Gasteiger partial charge in [0.05, 0.1) is 0 Å². The average molecular weight is 240 g/mol. The molecule has 0 saturated carbocycles. The van der Waals surface area contributed by atoms with E-state index in [0.29, 0.717) is 5.92 Å². The van der Waals surface area contributed by atoms with Crippen LogP contribution in [0, 0.1) is 6.92 Å². The number of anilines is 2. The van der Waals surface area contributed by atoms with Crippen LogP contribution in [0.15, 0.2) is 42.7 Å². The number of rotatable bonds is 3. The Morgan fingerprint density at radius 3 is 2.28 bits per heavy atom. The highest BCUT2D eigenvalue weighted by molar-refractivity contribution is 5.65. The Morgan fingerprint density at radius 2 is 1.72 bits per heavy atom. The normalized spacial score (nSPS) is 10.7. The quantitative estimate of drug-likeness (QED) is 0.796. The van der Waals surface area contributed by atoms with Gasteiger partial charge in [0.2, 0.25) is 0 Å². The van der Waals surface area contributed by atoms with Gasteiger partial charge in [-0.05, 0) is 42.2 Å². The molecule has 0 aliphatic carbocycles. The monoisotopic (exact) mass is 240 g/mol. The highest BCUT2D eigenvalue weighted by Gasteiger charge is 2.07. The van der Waals surface area contributed by atoms with Crippen molar-refractivity contribution in [2.45, 2.75) is 26.7 Å². The maximum atomic E-state index is 4.13. The third-order valence-electron chi connectivity index (χ3n) is 3.30. The molecule has 18 heavy (non-hydrogen) atoms. The largest absolute Gasteiger partial charge is 0.344 e. The van der Waals surface area contributed by atoms with Crippen molar-refractivity contribution in [3.63, 3.8) is 0 Å². The van der Waals surface area contributed by atoms with E-state index in [0.717, 1.165) is 0 Å². The molecule has 0 atom stereocenters. The number of nitrogens with zero attached hydrogens (tertiary/aromatic N) is 2. The molecule has 0 aliphatic rings. The van der Waals surface area contributed by atoms with Gasteiger partial charge in [0.25, 0.3) is 0 Å². The minimum atomic E-state index is 0.576. The zero-order chi connectivity index (χ0) is 13.1. The Morgan fingerprint density at radius 1 is 1.06 bits per heavy atom. The van der Waals surface area contributed by atoms with Crippen molar-refractivity contribution in [1.29, 1.82) is 0 Å². The Balaban J connectivity index is 2.29. The van der Waals surface area contributed by atoms with Crippen LogP contribution in [-0.4, -0.2) is 12.0 Å². The molecule has 0 bridgehead atoms. The molecule has 0 radical (unpaired) electrons. The van der Waals surface area contributed by atoms with Gasteiger partial charge in [-0.2, -0.15) is 0 Å². The lowest BCUT2D eigenvalue weighted by Crippen LogP contribution is -2.11. The fraction of sp³-hybridized carbons (Fsp3) is 0.312. The number of aryl methyl sites for hydroxylation is 1. The number of hydrogen-bond donors (Lipinski definition) is 0. The third kappa shape index (κ3) is 2.53. The van der Waals surface area contributed by atoms with Crippen molar-refractivity contribution in [3.05, 3.63) is 53.9 Å². The molecule has 2 heteroatoms. The van der Waals surface area contributed by atoms with Gasteiger partial charge in [-0.3, -0.25) is 4.98 Å². The molecule has 1 aromatic heterocycles. The minimum absolute atomic E-state index is 0.576. The molecule has 0 fully saturated rings. The zero-order valence-electron chi connectivity index (χ0n) is 11.5. The fourth-order valence-corrected chi connectivity index (χ4v) is 2.06. The molecule has 0 spiro atoms. The lowest BCUT2D eigenvalue weighted by atomic mass is 10.0. The third-order valence-corrected chi connectivity index (χ3v) is 3.30. The van der Waals surface area contributed by atoms with Gasteiger partial charge in [0, 0.05) is 30.8 Å². The topological polar surface area (TPSA) is 16.1 Å². The molecular weight excluding hydrogens is 220 g/mol. The number of benzene rings is 1. The summed E-state index contributed by atoms with van der Waals surface area (Å²) in [5.74, 6) is 0.576.